The van der Waals surface area contributed by atoms with Crippen LogP contribution >= 0.6 is 11.6 Å². The molecule has 1 aliphatic rings. The second-order valence-corrected chi connectivity index (χ2v) is 10.2. The predicted octanol–water partition coefficient (Wildman–Crippen LogP) is 4.23. The first-order chi connectivity index (χ1) is 15.9. The van der Waals surface area contributed by atoms with Crippen LogP contribution in [0.4, 0.5) is 0 Å². The van der Waals surface area contributed by atoms with Crippen molar-refractivity contribution in [1.29, 1.82) is 0 Å². The first-order valence-electron chi connectivity index (χ1n) is 10.9. The van der Waals surface area contributed by atoms with Crippen LogP contribution in [0, 0.1) is 0 Å². The molecule has 4 rings (SSSR count). The molecule has 1 aromatic heterocycles. The molecule has 0 unspecified atom stereocenters. The Morgan fingerprint density at radius 1 is 1.12 bits per heavy atom. The smallest absolute Gasteiger partial charge is 0.254 e. The molecule has 3 aromatic rings. The van der Waals surface area contributed by atoms with Crippen molar-refractivity contribution in [2.24, 2.45) is 0 Å². The Morgan fingerprint density at radius 3 is 2.61 bits per heavy atom. The van der Waals surface area contributed by atoms with Crippen LogP contribution in [0.2, 0.25) is 5.02 Å². The summed E-state index contributed by atoms with van der Waals surface area (Å²) in [4.78, 5) is 15.0. The van der Waals surface area contributed by atoms with E-state index in [0.29, 0.717) is 42.2 Å². The number of hydrogen-bond acceptors (Lipinski definition) is 6. The van der Waals surface area contributed by atoms with E-state index in [0.717, 1.165) is 12.8 Å². The summed E-state index contributed by atoms with van der Waals surface area (Å²) < 4.78 is 33.1. The number of carbonyl (C=O) groups is 1. The lowest BCUT2D eigenvalue weighted by Gasteiger charge is -2.21. The van der Waals surface area contributed by atoms with E-state index in [1.165, 1.54) is 16.4 Å². The third-order valence-corrected chi connectivity index (χ3v) is 7.69. The highest BCUT2D eigenvalue weighted by molar-refractivity contribution is 7.89. The van der Waals surface area contributed by atoms with E-state index in [1.807, 2.05) is 19.1 Å². The van der Waals surface area contributed by atoms with Gasteiger partial charge in [-0.05, 0) is 49.6 Å². The second kappa shape index (κ2) is 10.0. The highest BCUT2D eigenvalue weighted by Gasteiger charge is 2.28. The van der Waals surface area contributed by atoms with Crippen LogP contribution in [-0.4, -0.2) is 53.4 Å². The fourth-order valence-electron chi connectivity index (χ4n) is 3.80. The van der Waals surface area contributed by atoms with Gasteiger partial charge in [0.2, 0.25) is 21.8 Å². The molecule has 1 saturated heterocycles. The minimum absolute atomic E-state index is 0.104. The molecule has 33 heavy (non-hydrogen) atoms. The van der Waals surface area contributed by atoms with Crippen LogP contribution in [-0.2, 0) is 16.6 Å². The number of halogens is 1. The Labute approximate surface area is 198 Å². The van der Waals surface area contributed by atoms with Crippen molar-refractivity contribution in [2.75, 3.05) is 19.6 Å². The molecule has 2 heterocycles. The molecular formula is C23H25ClN4O4S. The molecule has 0 N–H and O–H groups in total. The summed E-state index contributed by atoms with van der Waals surface area (Å²) in [6, 6.07) is 13.3. The van der Waals surface area contributed by atoms with Crippen molar-refractivity contribution >= 4 is 27.5 Å². The maximum atomic E-state index is 13.3. The number of hydrogen-bond donors (Lipinski definition) is 0. The van der Waals surface area contributed by atoms with E-state index < -0.39 is 10.0 Å². The standard InChI is InChI=1S/C23H25ClN4O4S/c1-2-12-27(16-21-25-26-22(32-21)19-10-3-4-11-20(19)24)23(29)17-8-7-9-18(15-17)33(30,31)28-13-5-6-14-28/h3-4,7-11,15H,2,5-6,12-14,16H2,1H3. The van der Waals surface area contributed by atoms with Gasteiger partial charge in [0.1, 0.15) is 0 Å². The third-order valence-electron chi connectivity index (χ3n) is 5.46. The lowest BCUT2D eigenvalue weighted by atomic mass is 10.2. The van der Waals surface area contributed by atoms with E-state index in [-0.39, 0.29) is 29.1 Å². The van der Waals surface area contributed by atoms with Gasteiger partial charge in [-0.25, -0.2) is 8.42 Å². The van der Waals surface area contributed by atoms with Crippen molar-refractivity contribution in [3.8, 4) is 11.5 Å². The maximum Gasteiger partial charge on any atom is 0.254 e. The highest BCUT2D eigenvalue weighted by atomic mass is 35.5. The van der Waals surface area contributed by atoms with E-state index in [1.54, 1.807) is 29.2 Å². The summed E-state index contributed by atoms with van der Waals surface area (Å²) in [5.74, 6) is 0.249. The summed E-state index contributed by atoms with van der Waals surface area (Å²) in [5, 5.41) is 8.62. The van der Waals surface area contributed by atoms with Gasteiger partial charge in [-0.3, -0.25) is 4.79 Å². The number of carbonyl (C=O) groups excluding carboxylic acids is 1. The number of nitrogens with zero attached hydrogens (tertiary/aromatic N) is 4. The molecule has 0 spiro atoms. The van der Waals surface area contributed by atoms with Crippen molar-refractivity contribution in [3.63, 3.8) is 0 Å². The lowest BCUT2D eigenvalue weighted by molar-refractivity contribution is 0.0728. The van der Waals surface area contributed by atoms with Gasteiger partial charge in [0, 0.05) is 25.2 Å². The van der Waals surface area contributed by atoms with Gasteiger partial charge in [0.25, 0.3) is 5.91 Å². The largest absolute Gasteiger partial charge is 0.419 e. The molecule has 0 aliphatic carbocycles. The van der Waals surface area contributed by atoms with Gasteiger partial charge in [0.05, 0.1) is 22.0 Å². The van der Waals surface area contributed by atoms with E-state index in [9.17, 15) is 13.2 Å². The van der Waals surface area contributed by atoms with Crippen molar-refractivity contribution < 1.29 is 17.6 Å². The molecular weight excluding hydrogens is 464 g/mol. The molecule has 0 radical (unpaired) electrons. The molecule has 1 amide bonds. The van der Waals surface area contributed by atoms with Crippen LogP contribution in [0.15, 0.2) is 57.8 Å². The number of rotatable bonds is 8. The quantitative estimate of drug-likeness (QED) is 0.470. The summed E-state index contributed by atoms with van der Waals surface area (Å²) in [6.07, 6.45) is 2.41. The first-order valence-corrected chi connectivity index (χ1v) is 12.7. The monoisotopic (exact) mass is 488 g/mol. The molecule has 0 saturated carbocycles. The Hall–Kier alpha value is -2.75. The van der Waals surface area contributed by atoms with E-state index in [4.69, 9.17) is 16.0 Å². The molecule has 1 fully saturated rings. The number of sulfonamides is 1. The van der Waals surface area contributed by atoms with Crippen LogP contribution in [0.1, 0.15) is 42.4 Å². The van der Waals surface area contributed by atoms with Crippen LogP contribution < -0.4 is 0 Å². The number of benzene rings is 2. The Kier molecular flexibility index (Phi) is 7.11. The summed E-state index contributed by atoms with van der Waals surface area (Å²) >= 11 is 6.21. The molecule has 0 atom stereocenters. The maximum absolute atomic E-state index is 13.3. The SMILES string of the molecule is CCCN(Cc1nnc(-c2ccccc2Cl)o1)C(=O)c1cccc(S(=O)(=O)N2CCCC2)c1. The Morgan fingerprint density at radius 2 is 1.88 bits per heavy atom. The zero-order valence-corrected chi connectivity index (χ0v) is 19.8. The lowest BCUT2D eigenvalue weighted by Crippen LogP contribution is -2.32. The molecule has 2 aromatic carbocycles. The van der Waals surface area contributed by atoms with Crippen LogP contribution in [0.25, 0.3) is 11.5 Å². The topological polar surface area (TPSA) is 96.6 Å². The Balaban J connectivity index is 1.55. The highest BCUT2D eigenvalue weighted by Crippen LogP contribution is 2.27. The fraction of sp³-hybridized carbons (Fsp3) is 0.348. The van der Waals surface area contributed by atoms with Gasteiger partial charge in [-0.1, -0.05) is 36.7 Å². The van der Waals surface area contributed by atoms with Gasteiger partial charge < -0.3 is 9.32 Å². The zero-order chi connectivity index (χ0) is 23.4. The van der Waals surface area contributed by atoms with Crippen molar-refractivity contribution in [2.45, 2.75) is 37.6 Å². The van der Waals surface area contributed by atoms with Crippen LogP contribution in [0.3, 0.4) is 0 Å². The number of amides is 1. The minimum Gasteiger partial charge on any atom is -0.419 e. The summed E-state index contributed by atoms with van der Waals surface area (Å²) in [7, 11) is -3.61. The average molecular weight is 489 g/mol. The van der Waals surface area contributed by atoms with E-state index >= 15 is 0 Å². The molecule has 1 aliphatic heterocycles. The third kappa shape index (κ3) is 5.10. The average Bonchev–Trinajstić information content (AvgIpc) is 3.52. The molecule has 174 valence electrons. The van der Waals surface area contributed by atoms with Gasteiger partial charge in [-0.15, -0.1) is 10.2 Å². The summed E-state index contributed by atoms with van der Waals surface area (Å²) in [6.45, 7) is 3.53. The van der Waals surface area contributed by atoms with Gasteiger partial charge in [0.15, 0.2) is 0 Å². The fourth-order valence-corrected chi connectivity index (χ4v) is 5.58. The zero-order valence-electron chi connectivity index (χ0n) is 18.3. The van der Waals surface area contributed by atoms with Crippen LogP contribution in [0.5, 0.6) is 0 Å². The Bertz CT molecular complexity index is 1240. The minimum atomic E-state index is -3.61. The van der Waals surface area contributed by atoms with Crippen molar-refractivity contribution in [3.05, 3.63) is 65.0 Å². The molecule has 8 nitrogen and oxygen atoms in total. The first kappa shape index (κ1) is 23.4. The molecule has 0 bridgehead atoms. The second-order valence-electron chi connectivity index (χ2n) is 7.85. The summed E-state index contributed by atoms with van der Waals surface area (Å²) in [5.41, 5.74) is 0.917. The molecule has 10 heteroatoms. The number of aromatic nitrogens is 2. The normalized spacial score (nSPS) is 14.5. The van der Waals surface area contributed by atoms with Crippen molar-refractivity contribution in [1.82, 2.24) is 19.4 Å². The van der Waals surface area contributed by atoms with Gasteiger partial charge in [-0.2, -0.15) is 4.31 Å². The van der Waals surface area contributed by atoms with E-state index in [2.05, 4.69) is 10.2 Å². The predicted molar refractivity (Wildman–Crippen MR) is 124 cm³/mol. The van der Waals surface area contributed by atoms with Gasteiger partial charge >= 0.3 is 0 Å².